The number of methoxy groups -OCH3 is 1. The molecule has 0 fully saturated rings. The molecule has 1 rings (SSSR count). The number of nitro benzene ring substituents is 1. The number of rotatable bonds is 6. The summed E-state index contributed by atoms with van der Waals surface area (Å²) in [5.74, 6) is 1.49. The van der Waals surface area contributed by atoms with Crippen LogP contribution in [0.15, 0.2) is 18.2 Å². The van der Waals surface area contributed by atoms with Crippen molar-refractivity contribution in [3.05, 3.63) is 28.3 Å². The highest BCUT2D eigenvalue weighted by molar-refractivity contribution is 7.98. The van der Waals surface area contributed by atoms with E-state index in [-0.39, 0.29) is 11.7 Å². The van der Waals surface area contributed by atoms with Crippen LogP contribution in [0.1, 0.15) is 6.92 Å². The Morgan fingerprint density at radius 3 is 2.82 bits per heavy atom. The molecule has 0 bridgehead atoms. The largest absolute Gasteiger partial charge is 0.497 e. The van der Waals surface area contributed by atoms with Crippen molar-refractivity contribution in [3.8, 4) is 5.75 Å². The Morgan fingerprint density at radius 2 is 2.29 bits per heavy atom. The van der Waals surface area contributed by atoms with E-state index in [0.29, 0.717) is 11.4 Å². The van der Waals surface area contributed by atoms with Crippen LogP contribution < -0.4 is 10.1 Å². The minimum absolute atomic E-state index is 0.0683. The number of anilines is 1. The highest BCUT2D eigenvalue weighted by atomic mass is 32.2. The third-order valence-electron chi connectivity index (χ3n) is 2.22. The zero-order valence-electron chi connectivity index (χ0n) is 10.1. The number of hydrogen-bond donors (Lipinski definition) is 1. The quantitative estimate of drug-likeness (QED) is 0.626. The molecule has 0 aliphatic rings. The highest BCUT2D eigenvalue weighted by Gasteiger charge is 2.16. The van der Waals surface area contributed by atoms with Crippen LogP contribution in [0.5, 0.6) is 5.75 Å². The van der Waals surface area contributed by atoms with Crippen molar-refractivity contribution in [3.63, 3.8) is 0 Å². The molecule has 6 heteroatoms. The summed E-state index contributed by atoms with van der Waals surface area (Å²) < 4.78 is 5.06. The Labute approximate surface area is 105 Å². The molecule has 17 heavy (non-hydrogen) atoms. The van der Waals surface area contributed by atoms with Crippen LogP contribution in [0, 0.1) is 10.1 Å². The molecular weight excluding hydrogens is 240 g/mol. The van der Waals surface area contributed by atoms with Crippen molar-refractivity contribution in [1.29, 1.82) is 0 Å². The zero-order chi connectivity index (χ0) is 12.8. The number of hydrogen-bond acceptors (Lipinski definition) is 5. The average molecular weight is 256 g/mol. The molecule has 94 valence electrons. The Hall–Kier alpha value is -1.43. The summed E-state index contributed by atoms with van der Waals surface area (Å²) in [6, 6.07) is 4.85. The predicted molar refractivity (Wildman–Crippen MR) is 71.1 cm³/mol. The fraction of sp³-hybridized carbons (Fsp3) is 0.455. The smallest absolute Gasteiger partial charge is 0.292 e. The van der Waals surface area contributed by atoms with E-state index < -0.39 is 4.92 Å². The molecule has 5 nitrogen and oxygen atoms in total. The molecular formula is C11H16N2O3S. The lowest BCUT2D eigenvalue weighted by Crippen LogP contribution is -2.18. The Kier molecular flexibility index (Phi) is 5.09. The van der Waals surface area contributed by atoms with Gasteiger partial charge in [0.2, 0.25) is 0 Å². The van der Waals surface area contributed by atoms with Gasteiger partial charge in [-0.2, -0.15) is 11.8 Å². The standard InChI is InChI=1S/C11H16N2O3S/c1-8(7-17-3)12-10-6-9(16-2)4-5-11(10)13(14)15/h4-6,8,12H,7H2,1-3H3. The summed E-state index contributed by atoms with van der Waals surface area (Å²) in [7, 11) is 1.54. The van der Waals surface area contributed by atoms with Gasteiger partial charge in [0, 0.05) is 23.9 Å². The van der Waals surface area contributed by atoms with Gasteiger partial charge >= 0.3 is 0 Å². The lowest BCUT2D eigenvalue weighted by Gasteiger charge is -2.14. The maximum atomic E-state index is 10.9. The number of nitrogens with one attached hydrogen (secondary N) is 1. The normalized spacial score (nSPS) is 11.9. The van der Waals surface area contributed by atoms with Crippen molar-refractivity contribution >= 4 is 23.1 Å². The van der Waals surface area contributed by atoms with Crippen LogP contribution in [0.4, 0.5) is 11.4 Å². The molecule has 0 spiro atoms. The highest BCUT2D eigenvalue weighted by Crippen LogP contribution is 2.29. The Balaban J connectivity index is 2.96. The van der Waals surface area contributed by atoms with Crippen molar-refractivity contribution < 1.29 is 9.66 Å². The van der Waals surface area contributed by atoms with E-state index in [2.05, 4.69) is 5.32 Å². The molecule has 0 heterocycles. The zero-order valence-corrected chi connectivity index (χ0v) is 10.9. The first-order valence-electron chi connectivity index (χ1n) is 5.16. The van der Waals surface area contributed by atoms with Crippen molar-refractivity contribution in [2.45, 2.75) is 13.0 Å². The number of benzene rings is 1. The summed E-state index contributed by atoms with van der Waals surface area (Å²) in [5.41, 5.74) is 0.564. The fourth-order valence-electron chi connectivity index (χ4n) is 1.47. The minimum atomic E-state index is -0.395. The molecule has 0 aliphatic heterocycles. The SMILES string of the molecule is COc1ccc([N+](=O)[O-])c(NC(C)CSC)c1. The maximum Gasteiger partial charge on any atom is 0.292 e. The van der Waals surface area contributed by atoms with Gasteiger partial charge in [-0.05, 0) is 19.2 Å². The lowest BCUT2D eigenvalue weighted by molar-refractivity contribution is -0.384. The molecule has 1 unspecified atom stereocenters. The topological polar surface area (TPSA) is 64.4 Å². The summed E-state index contributed by atoms with van der Waals surface area (Å²) in [6.45, 7) is 1.99. The monoisotopic (exact) mass is 256 g/mol. The van der Waals surface area contributed by atoms with Gasteiger partial charge in [-0.1, -0.05) is 0 Å². The van der Waals surface area contributed by atoms with E-state index in [9.17, 15) is 10.1 Å². The van der Waals surface area contributed by atoms with E-state index in [1.807, 2.05) is 13.2 Å². The molecule has 0 saturated heterocycles. The lowest BCUT2D eigenvalue weighted by atomic mass is 10.2. The van der Waals surface area contributed by atoms with Crippen LogP contribution in [0.3, 0.4) is 0 Å². The van der Waals surface area contributed by atoms with Crippen LogP contribution in [-0.4, -0.2) is 30.1 Å². The molecule has 0 aliphatic carbocycles. The summed E-state index contributed by atoms with van der Waals surface area (Å²) in [6.07, 6.45) is 2.00. The summed E-state index contributed by atoms with van der Waals surface area (Å²) in [5, 5.41) is 14.0. The van der Waals surface area contributed by atoms with Crippen molar-refractivity contribution in [2.24, 2.45) is 0 Å². The third-order valence-corrected chi connectivity index (χ3v) is 3.05. The fourth-order valence-corrected chi connectivity index (χ4v) is 2.06. The van der Waals surface area contributed by atoms with Gasteiger partial charge in [0.05, 0.1) is 12.0 Å². The van der Waals surface area contributed by atoms with Gasteiger partial charge in [-0.3, -0.25) is 10.1 Å². The molecule has 0 radical (unpaired) electrons. The second kappa shape index (κ2) is 6.34. The first kappa shape index (κ1) is 13.6. The second-order valence-corrected chi connectivity index (χ2v) is 4.55. The van der Waals surface area contributed by atoms with E-state index in [1.54, 1.807) is 23.9 Å². The van der Waals surface area contributed by atoms with Crippen molar-refractivity contribution in [2.75, 3.05) is 24.4 Å². The number of ether oxygens (including phenoxy) is 1. The molecule has 0 saturated carbocycles. The molecule has 1 atom stereocenters. The Morgan fingerprint density at radius 1 is 1.59 bits per heavy atom. The van der Waals surface area contributed by atoms with E-state index in [1.165, 1.54) is 13.2 Å². The van der Waals surface area contributed by atoms with Gasteiger partial charge in [-0.15, -0.1) is 0 Å². The third kappa shape index (κ3) is 3.81. The summed E-state index contributed by atoms with van der Waals surface area (Å²) >= 11 is 1.69. The molecule has 1 aromatic rings. The first-order chi connectivity index (χ1) is 8.08. The van der Waals surface area contributed by atoms with Gasteiger partial charge in [-0.25, -0.2) is 0 Å². The van der Waals surface area contributed by atoms with Gasteiger partial charge in [0.15, 0.2) is 0 Å². The van der Waals surface area contributed by atoms with Gasteiger partial charge in [0.25, 0.3) is 5.69 Å². The molecule has 1 aromatic carbocycles. The van der Waals surface area contributed by atoms with Gasteiger partial charge in [0.1, 0.15) is 11.4 Å². The first-order valence-corrected chi connectivity index (χ1v) is 6.55. The minimum Gasteiger partial charge on any atom is -0.497 e. The van der Waals surface area contributed by atoms with E-state index in [4.69, 9.17) is 4.74 Å². The number of nitrogens with zero attached hydrogens (tertiary/aromatic N) is 1. The van der Waals surface area contributed by atoms with Crippen molar-refractivity contribution in [1.82, 2.24) is 0 Å². The number of thioether (sulfide) groups is 1. The summed E-state index contributed by atoms with van der Waals surface area (Å²) in [4.78, 5) is 10.5. The van der Waals surface area contributed by atoms with Crippen LogP contribution in [0.25, 0.3) is 0 Å². The molecule has 1 N–H and O–H groups in total. The van der Waals surface area contributed by atoms with Crippen LogP contribution in [-0.2, 0) is 0 Å². The predicted octanol–water partition coefficient (Wildman–Crippen LogP) is 2.77. The van der Waals surface area contributed by atoms with Gasteiger partial charge < -0.3 is 10.1 Å². The Bertz CT molecular complexity index is 398. The molecule has 0 amide bonds. The van der Waals surface area contributed by atoms with Crippen LogP contribution >= 0.6 is 11.8 Å². The molecule has 0 aromatic heterocycles. The van der Waals surface area contributed by atoms with E-state index in [0.717, 1.165) is 5.75 Å². The van der Waals surface area contributed by atoms with E-state index >= 15 is 0 Å². The second-order valence-electron chi connectivity index (χ2n) is 3.64. The maximum absolute atomic E-state index is 10.9. The number of nitro groups is 1. The average Bonchev–Trinajstić information content (AvgIpc) is 2.28. The van der Waals surface area contributed by atoms with Crippen LogP contribution in [0.2, 0.25) is 0 Å².